The molecule has 6 nitrogen and oxygen atoms in total. The van der Waals surface area contributed by atoms with E-state index in [1.54, 1.807) is 0 Å². The zero-order valence-corrected chi connectivity index (χ0v) is 15.7. The molecule has 1 saturated heterocycles. The normalized spacial score (nSPS) is 17.2. The van der Waals surface area contributed by atoms with Gasteiger partial charge in [-0.1, -0.05) is 13.3 Å². The van der Waals surface area contributed by atoms with Crippen LogP contribution in [0, 0.1) is 0 Å². The van der Waals surface area contributed by atoms with Crippen molar-refractivity contribution in [3.05, 3.63) is 0 Å². The number of nitrogens with one attached hydrogen (secondary N) is 2. The number of nitrogens with zero attached hydrogens (tertiary/aromatic N) is 2. The highest BCUT2D eigenvalue weighted by Crippen LogP contribution is 2.09. The van der Waals surface area contributed by atoms with Gasteiger partial charge in [-0.05, 0) is 45.6 Å². The van der Waals surface area contributed by atoms with Gasteiger partial charge in [0, 0.05) is 45.9 Å². The summed E-state index contributed by atoms with van der Waals surface area (Å²) < 4.78 is 5.56. The lowest BCUT2D eigenvalue weighted by Crippen LogP contribution is -2.40. The predicted molar refractivity (Wildman–Crippen MR) is 101 cm³/mol. The van der Waals surface area contributed by atoms with Gasteiger partial charge < -0.3 is 25.4 Å². The van der Waals surface area contributed by atoms with E-state index < -0.39 is 0 Å². The fraction of sp³-hybridized carbons (Fsp3) is 0.944. The van der Waals surface area contributed by atoms with Crippen LogP contribution in [0.4, 0.5) is 0 Å². The minimum Gasteiger partial charge on any atom is -0.393 e. The van der Waals surface area contributed by atoms with Crippen LogP contribution in [0.25, 0.3) is 0 Å². The molecular formula is C18H38N4O2. The Bertz CT molecular complexity index is 318. The maximum atomic E-state index is 9.52. The first-order chi connectivity index (χ1) is 11.8. The van der Waals surface area contributed by atoms with E-state index in [0.29, 0.717) is 0 Å². The van der Waals surface area contributed by atoms with E-state index in [2.05, 4.69) is 34.4 Å². The first-order valence-electron chi connectivity index (χ1n) is 9.76. The second-order valence-electron chi connectivity index (χ2n) is 6.43. The molecule has 0 bridgehead atoms. The number of unbranched alkanes of at least 4 members (excludes halogenated alkanes) is 1. The number of aliphatic hydroxyl groups excluding tert-OH is 1. The Labute approximate surface area is 148 Å². The summed E-state index contributed by atoms with van der Waals surface area (Å²) in [6.07, 6.45) is 6.14. The number of ether oxygens (including phenoxy) is 1. The fourth-order valence-electron chi connectivity index (χ4n) is 2.70. The molecule has 0 amide bonds. The van der Waals surface area contributed by atoms with Crippen molar-refractivity contribution in [2.75, 3.05) is 52.5 Å². The largest absolute Gasteiger partial charge is 0.393 e. The second kappa shape index (κ2) is 14.5. The van der Waals surface area contributed by atoms with Gasteiger partial charge in [-0.2, -0.15) is 0 Å². The Morgan fingerprint density at radius 2 is 1.88 bits per heavy atom. The van der Waals surface area contributed by atoms with Crippen LogP contribution in [0.5, 0.6) is 0 Å². The van der Waals surface area contributed by atoms with Gasteiger partial charge in [0.1, 0.15) is 0 Å². The third-order valence-electron chi connectivity index (χ3n) is 4.20. The molecule has 0 aliphatic carbocycles. The molecule has 0 radical (unpaired) electrons. The number of aliphatic hydroxyl groups is 1. The number of hydrogen-bond donors (Lipinski definition) is 3. The number of piperidine rings is 1. The molecule has 0 aromatic heterocycles. The summed E-state index contributed by atoms with van der Waals surface area (Å²) in [7, 11) is 0. The van der Waals surface area contributed by atoms with E-state index in [-0.39, 0.29) is 6.10 Å². The molecule has 24 heavy (non-hydrogen) atoms. The smallest absolute Gasteiger partial charge is 0.191 e. The van der Waals surface area contributed by atoms with Gasteiger partial charge in [-0.15, -0.1) is 0 Å². The summed E-state index contributed by atoms with van der Waals surface area (Å²) >= 11 is 0. The third-order valence-corrected chi connectivity index (χ3v) is 4.20. The van der Waals surface area contributed by atoms with Crippen LogP contribution >= 0.6 is 0 Å². The van der Waals surface area contributed by atoms with Gasteiger partial charge in [-0.25, -0.2) is 0 Å². The lowest BCUT2D eigenvalue weighted by molar-refractivity contribution is 0.0823. The van der Waals surface area contributed by atoms with Gasteiger partial charge in [-0.3, -0.25) is 4.99 Å². The number of guanidine groups is 1. The Hall–Kier alpha value is -0.850. The van der Waals surface area contributed by atoms with Crippen molar-refractivity contribution in [3.8, 4) is 0 Å². The van der Waals surface area contributed by atoms with Crippen LogP contribution in [0.3, 0.4) is 0 Å². The molecule has 1 rings (SSSR count). The molecule has 0 aromatic carbocycles. The van der Waals surface area contributed by atoms with E-state index in [4.69, 9.17) is 4.74 Å². The third kappa shape index (κ3) is 10.8. The lowest BCUT2D eigenvalue weighted by atomic mass is 10.1. The molecule has 0 aromatic rings. The number of aliphatic imine (C=N–C) groups is 1. The van der Waals surface area contributed by atoms with Crippen molar-refractivity contribution in [3.63, 3.8) is 0 Å². The molecule has 1 heterocycles. The van der Waals surface area contributed by atoms with Crippen molar-refractivity contribution in [2.24, 2.45) is 4.99 Å². The number of hydrogen-bond acceptors (Lipinski definition) is 4. The van der Waals surface area contributed by atoms with Crippen molar-refractivity contribution < 1.29 is 9.84 Å². The summed E-state index contributed by atoms with van der Waals surface area (Å²) in [6, 6.07) is 0. The van der Waals surface area contributed by atoms with Gasteiger partial charge in [0.2, 0.25) is 0 Å². The highest BCUT2D eigenvalue weighted by molar-refractivity contribution is 5.79. The Balaban J connectivity index is 2.07. The van der Waals surface area contributed by atoms with Crippen LogP contribution in [0.15, 0.2) is 4.99 Å². The van der Waals surface area contributed by atoms with Crippen LogP contribution < -0.4 is 10.6 Å². The first-order valence-corrected chi connectivity index (χ1v) is 9.76. The summed E-state index contributed by atoms with van der Waals surface area (Å²) in [6.45, 7) is 11.7. The maximum absolute atomic E-state index is 9.52. The molecule has 1 aliphatic heterocycles. The summed E-state index contributed by atoms with van der Waals surface area (Å²) in [5, 5.41) is 16.2. The van der Waals surface area contributed by atoms with E-state index in [0.717, 1.165) is 90.5 Å². The second-order valence-corrected chi connectivity index (χ2v) is 6.43. The van der Waals surface area contributed by atoms with Crippen LogP contribution in [-0.4, -0.2) is 74.6 Å². The number of likely N-dealkylation sites (tertiary alicyclic amines) is 1. The molecule has 3 N–H and O–H groups in total. The minimum atomic E-state index is -0.0854. The van der Waals surface area contributed by atoms with Crippen molar-refractivity contribution in [1.29, 1.82) is 0 Å². The van der Waals surface area contributed by atoms with E-state index in [1.807, 2.05) is 0 Å². The molecule has 1 aliphatic rings. The van der Waals surface area contributed by atoms with Crippen molar-refractivity contribution in [1.82, 2.24) is 15.5 Å². The van der Waals surface area contributed by atoms with Crippen LogP contribution in [0.2, 0.25) is 0 Å². The van der Waals surface area contributed by atoms with E-state index in [9.17, 15) is 5.11 Å². The number of rotatable bonds is 12. The minimum absolute atomic E-state index is 0.0854. The Morgan fingerprint density at radius 1 is 1.12 bits per heavy atom. The molecule has 0 saturated carbocycles. The SMILES string of the molecule is CCCCOCCCN=C(NCC)NCCCN1CCC(O)CC1. The van der Waals surface area contributed by atoms with Crippen LogP contribution in [0.1, 0.15) is 52.4 Å². The van der Waals surface area contributed by atoms with Gasteiger partial charge in [0.25, 0.3) is 0 Å². The average Bonchev–Trinajstić information content (AvgIpc) is 2.59. The monoisotopic (exact) mass is 342 g/mol. The zero-order valence-electron chi connectivity index (χ0n) is 15.7. The first kappa shape index (κ1) is 21.2. The topological polar surface area (TPSA) is 69.1 Å². The average molecular weight is 343 g/mol. The summed E-state index contributed by atoms with van der Waals surface area (Å²) in [5.41, 5.74) is 0. The quantitative estimate of drug-likeness (QED) is 0.285. The highest BCUT2D eigenvalue weighted by Gasteiger charge is 2.15. The Morgan fingerprint density at radius 3 is 2.58 bits per heavy atom. The summed E-state index contributed by atoms with van der Waals surface area (Å²) in [4.78, 5) is 7.03. The van der Waals surface area contributed by atoms with Crippen molar-refractivity contribution in [2.45, 2.75) is 58.5 Å². The Kier molecular flexibility index (Phi) is 12.8. The molecule has 142 valence electrons. The van der Waals surface area contributed by atoms with Gasteiger partial charge in [0.05, 0.1) is 6.10 Å². The zero-order chi connectivity index (χ0) is 17.5. The summed E-state index contributed by atoms with van der Waals surface area (Å²) in [5.74, 6) is 0.903. The lowest BCUT2D eigenvalue weighted by Gasteiger charge is -2.29. The highest BCUT2D eigenvalue weighted by atomic mass is 16.5. The molecule has 1 fully saturated rings. The van der Waals surface area contributed by atoms with E-state index >= 15 is 0 Å². The molecule has 0 unspecified atom stereocenters. The van der Waals surface area contributed by atoms with E-state index in [1.165, 1.54) is 6.42 Å². The molecule has 6 heteroatoms. The predicted octanol–water partition coefficient (Wildman–Crippen LogP) is 1.60. The maximum Gasteiger partial charge on any atom is 0.191 e. The van der Waals surface area contributed by atoms with Gasteiger partial charge in [0.15, 0.2) is 5.96 Å². The standard InChI is InChI=1S/C18H38N4O2/c1-3-5-15-24-16-7-11-21-18(19-4-2)20-10-6-12-22-13-8-17(23)9-14-22/h17,23H,3-16H2,1-2H3,(H2,19,20,21). The van der Waals surface area contributed by atoms with Crippen molar-refractivity contribution >= 4 is 5.96 Å². The molecule has 0 spiro atoms. The molecule has 0 atom stereocenters. The fourth-order valence-corrected chi connectivity index (χ4v) is 2.70. The van der Waals surface area contributed by atoms with Crippen LogP contribution in [-0.2, 0) is 4.74 Å². The molecular weight excluding hydrogens is 304 g/mol. The van der Waals surface area contributed by atoms with Gasteiger partial charge >= 0.3 is 0 Å².